The van der Waals surface area contributed by atoms with Crippen molar-refractivity contribution in [2.75, 3.05) is 11.9 Å². The van der Waals surface area contributed by atoms with Crippen LogP contribution in [-0.2, 0) is 4.79 Å². The van der Waals surface area contributed by atoms with Crippen LogP contribution in [0.5, 0.6) is 5.75 Å². The van der Waals surface area contributed by atoms with Gasteiger partial charge in [-0.25, -0.2) is 4.39 Å². The highest BCUT2D eigenvalue weighted by Crippen LogP contribution is 2.61. The van der Waals surface area contributed by atoms with E-state index in [1.807, 2.05) is 52.0 Å². The molecule has 1 unspecified atom stereocenters. The number of carbonyl (C=O) groups excluding carboxylic acids is 2. The number of aromatic nitrogens is 4. The summed E-state index contributed by atoms with van der Waals surface area (Å²) in [5, 5.41) is 17.6. The first-order valence-electron chi connectivity index (χ1n) is 13.9. The van der Waals surface area contributed by atoms with Crippen LogP contribution in [-0.4, -0.2) is 44.4 Å². The fourth-order valence-electron chi connectivity index (χ4n) is 6.02. The van der Waals surface area contributed by atoms with Crippen molar-refractivity contribution in [1.29, 1.82) is 0 Å². The number of ether oxygens (including phenoxy) is 1. The van der Waals surface area contributed by atoms with E-state index in [9.17, 15) is 14.0 Å². The third kappa shape index (κ3) is 4.87. The summed E-state index contributed by atoms with van der Waals surface area (Å²) in [6, 6.07) is 12.6. The van der Waals surface area contributed by atoms with E-state index in [0.29, 0.717) is 29.3 Å². The van der Waals surface area contributed by atoms with Crippen molar-refractivity contribution < 1.29 is 18.7 Å². The highest BCUT2D eigenvalue weighted by atomic mass is 19.1. The first-order chi connectivity index (χ1) is 19.7. The molecule has 0 saturated heterocycles. The highest BCUT2D eigenvalue weighted by Gasteiger charge is 2.58. The van der Waals surface area contributed by atoms with E-state index in [1.165, 1.54) is 12.1 Å². The van der Waals surface area contributed by atoms with Crippen LogP contribution >= 0.6 is 0 Å². The zero-order chi connectivity index (χ0) is 28.9. The molecule has 1 saturated carbocycles. The summed E-state index contributed by atoms with van der Waals surface area (Å²) in [4.78, 5) is 27.7. The maximum atomic E-state index is 14.1. The van der Waals surface area contributed by atoms with Crippen LogP contribution in [0.3, 0.4) is 0 Å². The van der Waals surface area contributed by atoms with Gasteiger partial charge in [0.25, 0.3) is 5.91 Å². The zero-order valence-corrected chi connectivity index (χ0v) is 23.5. The Kier molecular flexibility index (Phi) is 6.63. The lowest BCUT2D eigenvalue weighted by atomic mass is 9.76. The molecule has 1 aliphatic heterocycles. The number of hydrogen-bond acceptors (Lipinski definition) is 5. The molecule has 0 radical (unpaired) electrons. The molecule has 2 aromatic carbocycles. The van der Waals surface area contributed by atoms with Crippen LogP contribution in [0.4, 0.5) is 10.1 Å². The molecule has 6 rings (SSSR count). The zero-order valence-electron chi connectivity index (χ0n) is 23.5. The Balaban J connectivity index is 1.34. The second kappa shape index (κ2) is 10.2. The number of halogens is 1. The Morgan fingerprint density at radius 1 is 1.12 bits per heavy atom. The van der Waals surface area contributed by atoms with Crippen LogP contribution in [0.2, 0.25) is 0 Å². The number of aryl methyl sites for hydroxylation is 2. The first-order valence-corrected chi connectivity index (χ1v) is 13.9. The maximum absolute atomic E-state index is 14.1. The molecule has 3 N–H and O–H groups in total. The molecule has 4 aromatic rings. The molecular weight excluding hydrogens is 523 g/mol. The molecule has 1 aliphatic carbocycles. The van der Waals surface area contributed by atoms with Crippen molar-refractivity contribution >= 4 is 17.5 Å². The maximum Gasteiger partial charge on any atom is 0.270 e. The number of H-pyrrole nitrogens is 1. The third-order valence-corrected chi connectivity index (χ3v) is 8.24. The van der Waals surface area contributed by atoms with Gasteiger partial charge in [-0.1, -0.05) is 18.2 Å². The molecule has 9 nitrogen and oxygen atoms in total. The van der Waals surface area contributed by atoms with Crippen molar-refractivity contribution in [3.8, 4) is 16.9 Å². The van der Waals surface area contributed by atoms with E-state index in [1.54, 1.807) is 23.0 Å². The van der Waals surface area contributed by atoms with Crippen molar-refractivity contribution in [3.05, 3.63) is 83.2 Å². The van der Waals surface area contributed by atoms with Crippen LogP contribution in [0.15, 0.2) is 54.7 Å². The topological polar surface area (TPSA) is 114 Å². The lowest BCUT2D eigenvalue weighted by Gasteiger charge is -2.38. The predicted molar refractivity (Wildman–Crippen MR) is 152 cm³/mol. The fraction of sp³-hybridized carbons (Fsp3) is 0.355. The van der Waals surface area contributed by atoms with E-state index in [2.05, 4.69) is 25.9 Å². The number of anilines is 1. The van der Waals surface area contributed by atoms with E-state index in [-0.39, 0.29) is 17.4 Å². The Bertz CT molecular complexity index is 1600. The van der Waals surface area contributed by atoms with Crippen LogP contribution in [0, 0.1) is 25.1 Å². The quantitative estimate of drug-likeness (QED) is 0.286. The molecule has 41 heavy (non-hydrogen) atoms. The minimum atomic E-state index is -0.938. The van der Waals surface area contributed by atoms with Crippen molar-refractivity contribution in [1.82, 2.24) is 25.3 Å². The lowest BCUT2D eigenvalue weighted by Crippen LogP contribution is -2.52. The SMILES string of the molecule is Cc1n[nH]c(C)c1-c1ccc(NC(=O)[C@@H](NC(=O)c2ccnn2C(C)C)C2c3ccc(F)cc3OCC23CC3)cc1. The van der Waals surface area contributed by atoms with E-state index >= 15 is 0 Å². The number of nitrogens with one attached hydrogen (secondary N) is 3. The summed E-state index contributed by atoms with van der Waals surface area (Å²) in [5.74, 6) is -1.17. The summed E-state index contributed by atoms with van der Waals surface area (Å²) in [5.41, 5.74) is 5.23. The molecule has 1 spiro atoms. The number of nitrogens with zero attached hydrogens (tertiary/aromatic N) is 3. The van der Waals surface area contributed by atoms with Crippen LogP contribution < -0.4 is 15.4 Å². The number of hydrogen-bond donors (Lipinski definition) is 3. The van der Waals surface area contributed by atoms with Gasteiger partial charge in [0.05, 0.1) is 12.3 Å². The summed E-state index contributed by atoms with van der Waals surface area (Å²) < 4.78 is 21.7. The Hall–Kier alpha value is -4.47. The molecule has 2 aromatic heterocycles. The number of fused-ring (bicyclic) bond motifs is 1. The van der Waals surface area contributed by atoms with Gasteiger partial charge in [0, 0.05) is 52.1 Å². The van der Waals surface area contributed by atoms with Crippen LogP contribution in [0.25, 0.3) is 11.1 Å². The molecule has 3 heterocycles. The molecule has 10 heteroatoms. The largest absolute Gasteiger partial charge is 0.493 e. The van der Waals surface area contributed by atoms with E-state index < -0.39 is 23.7 Å². The van der Waals surface area contributed by atoms with Gasteiger partial charge in [0.1, 0.15) is 23.3 Å². The third-order valence-electron chi connectivity index (χ3n) is 8.24. The fourth-order valence-corrected chi connectivity index (χ4v) is 6.02. The summed E-state index contributed by atoms with van der Waals surface area (Å²) in [6.07, 6.45) is 3.26. The molecule has 2 aliphatic rings. The predicted octanol–water partition coefficient (Wildman–Crippen LogP) is 5.30. The van der Waals surface area contributed by atoms with Gasteiger partial charge in [-0.3, -0.25) is 19.4 Å². The highest BCUT2D eigenvalue weighted by molar-refractivity contribution is 6.01. The Morgan fingerprint density at radius 3 is 2.54 bits per heavy atom. The van der Waals surface area contributed by atoms with Gasteiger partial charge in [-0.05, 0) is 70.4 Å². The molecule has 1 fully saturated rings. The number of rotatable bonds is 7. The van der Waals surface area contributed by atoms with Gasteiger partial charge in [0.15, 0.2) is 0 Å². The monoisotopic (exact) mass is 556 g/mol. The standard InChI is InChI=1S/C31H33FN6O3/c1-17(2)38-24(11-14-33-38)29(39)35-28(27-23-10-7-21(32)15-25(23)41-16-31(27)12-13-31)30(40)34-22-8-5-20(6-9-22)26-18(3)36-37-19(26)4/h5-11,14-15,17,27-28H,12-13,16H2,1-4H3,(H,34,40)(H,35,39)(H,36,37)/t27?,28-/m0/s1. The van der Waals surface area contributed by atoms with Crippen molar-refractivity contribution in [2.45, 2.75) is 58.5 Å². The van der Waals surface area contributed by atoms with E-state index in [4.69, 9.17) is 4.74 Å². The smallest absolute Gasteiger partial charge is 0.270 e. The normalized spacial score (nSPS) is 17.6. The first kappa shape index (κ1) is 26.7. The minimum Gasteiger partial charge on any atom is -0.493 e. The van der Waals surface area contributed by atoms with Gasteiger partial charge in [0.2, 0.25) is 5.91 Å². The van der Waals surface area contributed by atoms with Gasteiger partial charge >= 0.3 is 0 Å². The van der Waals surface area contributed by atoms with Crippen LogP contribution in [0.1, 0.15) is 66.1 Å². The second-order valence-corrected chi connectivity index (χ2v) is 11.4. The van der Waals surface area contributed by atoms with Gasteiger partial charge in [-0.2, -0.15) is 10.2 Å². The van der Waals surface area contributed by atoms with E-state index in [0.717, 1.165) is 35.4 Å². The van der Waals surface area contributed by atoms with Crippen molar-refractivity contribution in [3.63, 3.8) is 0 Å². The molecule has 0 bridgehead atoms. The second-order valence-electron chi connectivity index (χ2n) is 11.4. The van der Waals surface area contributed by atoms with Gasteiger partial charge < -0.3 is 15.4 Å². The minimum absolute atomic E-state index is 0.0411. The lowest BCUT2D eigenvalue weighted by molar-refractivity contribution is -0.119. The molecular formula is C31H33FN6O3. The number of benzene rings is 2. The number of aromatic amines is 1. The summed E-state index contributed by atoms with van der Waals surface area (Å²) >= 11 is 0. The Labute approximate surface area is 237 Å². The number of carbonyl (C=O) groups is 2. The molecule has 2 atom stereocenters. The summed E-state index contributed by atoms with van der Waals surface area (Å²) in [6.45, 7) is 8.14. The average molecular weight is 557 g/mol. The molecule has 212 valence electrons. The number of amides is 2. The molecule has 2 amide bonds. The van der Waals surface area contributed by atoms with Crippen molar-refractivity contribution in [2.24, 2.45) is 5.41 Å². The van der Waals surface area contributed by atoms with Gasteiger partial charge in [-0.15, -0.1) is 0 Å². The Morgan fingerprint density at radius 2 is 1.88 bits per heavy atom. The summed E-state index contributed by atoms with van der Waals surface area (Å²) in [7, 11) is 0. The average Bonchev–Trinajstić information content (AvgIpc) is 3.37.